The molecule has 0 spiro atoms. The topological polar surface area (TPSA) is 32.3 Å². The van der Waals surface area contributed by atoms with Crippen LogP contribution in [0.2, 0.25) is 5.02 Å². The lowest BCUT2D eigenvalue weighted by Crippen LogP contribution is -2.34. The molecule has 3 nitrogen and oxygen atoms in total. The highest BCUT2D eigenvalue weighted by Gasteiger charge is 2.33. The average molecular weight is 279 g/mol. The fraction of sp³-hybridized carbons (Fsp3) is 0.533. The Bertz CT molecular complexity index is 471. The molecule has 1 unspecified atom stereocenters. The first-order valence-electron chi connectivity index (χ1n) is 7.02. The van der Waals surface area contributed by atoms with E-state index in [0.29, 0.717) is 12.5 Å². The van der Waals surface area contributed by atoms with E-state index in [1.54, 1.807) is 0 Å². The number of carbonyl (C=O) groups excluding carboxylic acids is 1. The van der Waals surface area contributed by atoms with Crippen LogP contribution in [-0.4, -0.2) is 23.9 Å². The van der Waals surface area contributed by atoms with E-state index in [0.717, 1.165) is 17.1 Å². The standard InChI is InChI=1S/C15H19ClN2O/c16-13-7-3-6-12(8-13)15-17-9-14(19)18(15)10-11-4-1-2-5-11/h3,6-8,11,15,17H,1-2,4-5,9-10H2. The van der Waals surface area contributed by atoms with Crippen molar-refractivity contribution < 1.29 is 4.79 Å². The highest BCUT2D eigenvalue weighted by molar-refractivity contribution is 6.30. The Morgan fingerprint density at radius 2 is 2.11 bits per heavy atom. The highest BCUT2D eigenvalue weighted by atomic mass is 35.5. The van der Waals surface area contributed by atoms with Gasteiger partial charge in [0, 0.05) is 11.6 Å². The Morgan fingerprint density at radius 1 is 1.32 bits per heavy atom. The van der Waals surface area contributed by atoms with Crippen LogP contribution in [0.1, 0.15) is 37.4 Å². The van der Waals surface area contributed by atoms with Crippen molar-refractivity contribution in [3.8, 4) is 0 Å². The van der Waals surface area contributed by atoms with Gasteiger partial charge in [-0.25, -0.2) is 0 Å². The quantitative estimate of drug-likeness (QED) is 0.922. The molecule has 0 radical (unpaired) electrons. The summed E-state index contributed by atoms with van der Waals surface area (Å²) in [5, 5.41) is 4.01. The number of hydrogen-bond donors (Lipinski definition) is 1. The van der Waals surface area contributed by atoms with Gasteiger partial charge in [0.15, 0.2) is 0 Å². The largest absolute Gasteiger partial charge is 0.322 e. The van der Waals surface area contributed by atoms with Crippen LogP contribution in [0.25, 0.3) is 0 Å². The van der Waals surface area contributed by atoms with E-state index in [9.17, 15) is 4.79 Å². The predicted molar refractivity (Wildman–Crippen MR) is 75.9 cm³/mol. The van der Waals surface area contributed by atoms with E-state index in [-0.39, 0.29) is 12.1 Å². The molecule has 0 bridgehead atoms. The zero-order chi connectivity index (χ0) is 13.2. The van der Waals surface area contributed by atoms with E-state index in [2.05, 4.69) is 5.32 Å². The SMILES string of the molecule is O=C1CNC(c2cccc(Cl)c2)N1CC1CCCC1. The molecular formula is C15H19ClN2O. The second-order valence-electron chi connectivity index (χ2n) is 5.54. The fourth-order valence-corrected chi connectivity index (χ4v) is 3.39. The number of halogens is 1. The first-order chi connectivity index (χ1) is 9.24. The second kappa shape index (κ2) is 5.51. The van der Waals surface area contributed by atoms with Gasteiger partial charge in [-0.1, -0.05) is 36.6 Å². The summed E-state index contributed by atoms with van der Waals surface area (Å²) in [6.45, 7) is 1.31. The molecule has 1 aliphatic heterocycles. The molecule has 2 aliphatic rings. The summed E-state index contributed by atoms with van der Waals surface area (Å²) < 4.78 is 0. The van der Waals surface area contributed by atoms with E-state index in [1.807, 2.05) is 29.2 Å². The molecule has 1 amide bonds. The van der Waals surface area contributed by atoms with Crippen molar-refractivity contribution in [2.24, 2.45) is 5.92 Å². The smallest absolute Gasteiger partial charge is 0.238 e. The van der Waals surface area contributed by atoms with Gasteiger partial charge in [0.05, 0.1) is 6.54 Å². The minimum Gasteiger partial charge on any atom is -0.322 e. The van der Waals surface area contributed by atoms with Crippen LogP contribution in [-0.2, 0) is 4.79 Å². The van der Waals surface area contributed by atoms with Gasteiger partial charge in [-0.15, -0.1) is 0 Å². The molecule has 0 aromatic heterocycles. The molecule has 4 heteroatoms. The molecule has 102 valence electrons. The van der Waals surface area contributed by atoms with Crippen LogP contribution >= 0.6 is 11.6 Å². The van der Waals surface area contributed by atoms with Crippen LogP contribution < -0.4 is 5.32 Å². The number of carbonyl (C=O) groups is 1. The molecule has 1 saturated heterocycles. The zero-order valence-corrected chi connectivity index (χ0v) is 11.7. The van der Waals surface area contributed by atoms with Crippen molar-refractivity contribution in [3.63, 3.8) is 0 Å². The van der Waals surface area contributed by atoms with Crippen molar-refractivity contribution in [3.05, 3.63) is 34.9 Å². The monoisotopic (exact) mass is 278 g/mol. The van der Waals surface area contributed by atoms with Gasteiger partial charge in [0.2, 0.25) is 5.91 Å². The van der Waals surface area contributed by atoms with Gasteiger partial charge in [-0.3, -0.25) is 10.1 Å². The molecule has 1 heterocycles. The fourth-order valence-electron chi connectivity index (χ4n) is 3.19. The van der Waals surface area contributed by atoms with E-state index >= 15 is 0 Å². The summed E-state index contributed by atoms with van der Waals surface area (Å²) >= 11 is 6.05. The summed E-state index contributed by atoms with van der Waals surface area (Å²) in [6, 6.07) is 7.78. The lowest BCUT2D eigenvalue weighted by Gasteiger charge is -2.27. The van der Waals surface area contributed by atoms with Gasteiger partial charge in [0.25, 0.3) is 0 Å². The number of amides is 1. The summed E-state index contributed by atoms with van der Waals surface area (Å²) in [4.78, 5) is 14.0. The summed E-state index contributed by atoms with van der Waals surface area (Å²) in [5.74, 6) is 0.877. The summed E-state index contributed by atoms with van der Waals surface area (Å²) in [6.07, 6.45) is 5.12. The molecular weight excluding hydrogens is 260 g/mol. The van der Waals surface area contributed by atoms with Crippen LogP contribution in [0.5, 0.6) is 0 Å². The second-order valence-corrected chi connectivity index (χ2v) is 5.97. The first kappa shape index (κ1) is 12.9. The molecule has 1 saturated carbocycles. The number of nitrogens with one attached hydrogen (secondary N) is 1. The van der Waals surface area contributed by atoms with Crippen molar-refractivity contribution in [2.75, 3.05) is 13.1 Å². The molecule has 1 aromatic rings. The normalized spacial score (nSPS) is 24.4. The molecule has 1 N–H and O–H groups in total. The summed E-state index contributed by atoms with van der Waals surface area (Å²) in [5.41, 5.74) is 1.08. The van der Waals surface area contributed by atoms with Crippen molar-refractivity contribution in [2.45, 2.75) is 31.8 Å². The van der Waals surface area contributed by atoms with E-state index in [1.165, 1.54) is 25.7 Å². The van der Waals surface area contributed by atoms with Gasteiger partial charge in [-0.05, 0) is 36.5 Å². The Balaban J connectivity index is 1.77. The number of benzene rings is 1. The third-order valence-electron chi connectivity index (χ3n) is 4.17. The van der Waals surface area contributed by atoms with Crippen molar-refractivity contribution in [1.82, 2.24) is 10.2 Å². The van der Waals surface area contributed by atoms with Gasteiger partial charge < -0.3 is 4.90 Å². The maximum Gasteiger partial charge on any atom is 0.238 e. The minimum atomic E-state index is -0.00759. The molecule has 1 atom stereocenters. The number of hydrogen-bond acceptors (Lipinski definition) is 2. The number of nitrogens with zero attached hydrogens (tertiary/aromatic N) is 1. The van der Waals surface area contributed by atoms with Gasteiger partial charge in [0.1, 0.15) is 6.17 Å². The summed E-state index contributed by atoms with van der Waals surface area (Å²) in [7, 11) is 0. The Kier molecular flexibility index (Phi) is 3.76. The van der Waals surface area contributed by atoms with Gasteiger partial charge >= 0.3 is 0 Å². The lowest BCUT2D eigenvalue weighted by molar-refractivity contribution is -0.128. The Hall–Kier alpha value is -1.06. The third kappa shape index (κ3) is 2.77. The number of rotatable bonds is 3. The van der Waals surface area contributed by atoms with Crippen LogP contribution in [0.3, 0.4) is 0 Å². The first-order valence-corrected chi connectivity index (χ1v) is 7.40. The van der Waals surface area contributed by atoms with Gasteiger partial charge in [-0.2, -0.15) is 0 Å². The van der Waals surface area contributed by atoms with E-state index < -0.39 is 0 Å². The zero-order valence-electron chi connectivity index (χ0n) is 10.9. The molecule has 19 heavy (non-hydrogen) atoms. The molecule has 2 fully saturated rings. The minimum absolute atomic E-state index is 0.00759. The van der Waals surface area contributed by atoms with Crippen molar-refractivity contribution >= 4 is 17.5 Å². The van der Waals surface area contributed by atoms with Crippen LogP contribution in [0.15, 0.2) is 24.3 Å². The maximum absolute atomic E-state index is 12.1. The molecule has 1 aromatic carbocycles. The highest BCUT2D eigenvalue weighted by Crippen LogP contribution is 2.30. The average Bonchev–Trinajstić information content (AvgIpc) is 3.01. The Morgan fingerprint density at radius 3 is 2.84 bits per heavy atom. The predicted octanol–water partition coefficient (Wildman–Crippen LogP) is 2.96. The van der Waals surface area contributed by atoms with Crippen LogP contribution in [0.4, 0.5) is 0 Å². The van der Waals surface area contributed by atoms with Crippen molar-refractivity contribution in [1.29, 1.82) is 0 Å². The Labute approximate surface area is 118 Å². The van der Waals surface area contributed by atoms with E-state index in [4.69, 9.17) is 11.6 Å². The maximum atomic E-state index is 12.1. The molecule has 1 aliphatic carbocycles. The molecule has 3 rings (SSSR count). The van der Waals surface area contributed by atoms with Crippen LogP contribution in [0, 0.1) is 5.92 Å². The lowest BCUT2D eigenvalue weighted by atomic mass is 10.1. The third-order valence-corrected chi connectivity index (χ3v) is 4.41.